The van der Waals surface area contributed by atoms with Crippen molar-refractivity contribution >= 4 is 16.5 Å². The summed E-state index contributed by atoms with van der Waals surface area (Å²) in [5.74, 6) is 0. The van der Waals surface area contributed by atoms with Crippen molar-refractivity contribution in [1.82, 2.24) is 4.57 Å². The van der Waals surface area contributed by atoms with Gasteiger partial charge >= 0.3 is 0 Å². The topological polar surface area (TPSA) is 48.0 Å². The molecule has 0 amide bonds. The number of benzene rings is 2. The maximum atomic E-state index is 12.4. The number of pyridine rings is 1. The van der Waals surface area contributed by atoms with Crippen LogP contribution >= 0.6 is 0 Å². The highest BCUT2D eigenvalue weighted by molar-refractivity contribution is 5.84. The molecule has 3 aromatic rings. The van der Waals surface area contributed by atoms with E-state index in [0.29, 0.717) is 17.6 Å². The number of rotatable bonds is 2. The monoisotopic (exact) mass is 250 g/mol. The molecular formula is C16H14N2O. The highest BCUT2D eigenvalue weighted by atomic mass is 16.1. The lowest BCUT2D eigenvalue weighted by molar-refractivity contribution is 0.768. The number of fused-ring (bicyclic) bond motifs is 1. The van der Waals surface area contributed by atoms with Gasteiger partial charge in [-0.3, -0.25) is 4.79 Å². The third-order valence-corrected chi connectivity index (χ3v) is 3.20. The van der Waals surface area contributed by atoms with E-state index >= 15 is 0 Å². The van der Waals surface area contributed by atoms with Gasteiger partial charge in [0.15, 0.2) is 0 Å². The molecule has 19 heavy (non-hydrogen) atoms. The van der Waals surface area contributed by atoms with E-state index in [4.69, 9.17) is 5.73 Å². The van der Waals surface area contributed by atoms with Crippen LogP contribution in [0, 0.1) is 0 Å². The normalized spacial score (nSPS) is 10.7. The van der Waals surface area contributed by atoms with Crippen LogP contribution < -0.4 is 11.3 Å². The minimum Gasteiger partial charge on any atom is -0.399 e. The number of nitrogens with zero attached hydrogens (tertiary/aromatic N) is 1. The Morgan fingerprint density at radius 3 is 2.58 bits per heavy atom. The standard InChI is InChI=1S/C16H14N2O/c17-14-6-7-15-13(10-14)8-9-18(16(15)19)11-12-4-2-1-3-5-12/h1-10H,11,17H2. The molecule has 2 N–H and O–H groups in total. The molecule has 0 saturated heterocycles. The first-order chi connectivity index (χ1) is 9.24. The average molecular weight is 250 g/mol. The number of aromatic nitrogens is 1. The fraction of sp³-hybridized carbons (Fsp3) is 0.0625. The molecule has 0 fully saturated rings. The molecular weight excluding hydrogens is 236 g/mol. The van der Waals surface area contributed by atoms with Crippen LogP contribution in [0.3, 0.4) is 0 Å². The SMILES string of the molecule is Nc1ccc2c(=O)n(Cc3ccccc3)ccc2c1. The fourth-order valence-electron chi connectivity index (χ4n) is 2.21. The van der Waals surface area contributed by atoms with E-state index < -0.39 is 0 Å². The van der Waals surface area contributed by atoms with Crippen LogP contribution in [0.4, 0.5) is 5.69 Å². The molecule has 0 atom stereocenters. The molecule has 1 heterocycles. The van der Waals surface area contributed by atoms with Crippen LogP contribution in [0.2, 0.25) is 0 Å². The van der Waals surface area contributed by atoms with Crippen LogP contribution in [0.15, 0.2) is 65.6 Å². The summed E-state index contributed by atoms with van der Waals surface area (Å²) in [5, 5.41) is 1.59. The summed E-state index contributed by atoms with van der Waals surface area (Å²) in [6, 6.07) is 17.2. The molecule has 3 heteroatoms. The van der Waals surface area contributed by atoms with Crippen molar-refractivity contribution in [2.75, 3.05) is 5.73 Å². The van der Waals surface area contributed by atoms with Crippen molar-refractivity contribution in [3.8, 4) is 0 Å². The fourth-order valence-corrected chi connectivity index (χ4v) is 2.21. The lowest BCUT2D eigenvalue weighted by atomic mass is 10.1. The second kappa shape index (κ2) is 4.61. The zero-order valence-corrected chi connectivity index (χ0v) is 10.4. The summed E-state index contributed by atoms with van der Waals surface area (Å²) in [7, 11) is 0. The van der Waals surface area contributed by atoms with Gasteiger partial charge in [-0.1, -0.05) is 30.3 Å². The second-order valence-corrected chi connectivity index (χ2v) is 4.58. The van der Waals surface area contributed by atoms with Crippen molar-refractivity contribution in [1.29, 1.82) is 0 Å². The Hall–Kier alpha value is -2.55. The Balaban J connectivity index is 2.08. The number of anilines is 1. The zero-order chi connectivity index (χ0) is 13.2. The Kier molecular flexibility index (Phi) is 2.80. The van der Waals surface area contributed by atoms with E-state index in [0.717, 1.165) is 10.9 Å². The number of nitrogen functional groups attached to an aromatic ring is 1. The van der Waals surface area contributed by atoms with Gasteiger partial charge in [-0.15, -0.1) is 0 Å². The quantitative estimate of drug-likeness (QED) is 0.711. The highest BCUT2D eigenvalue weighted by Crippen LogP contribution is 2.14. The first-order valence-corrected chi connectivity index (χ1v) is 6.17. The van der Waals surface area contributed by atoms with Crippen molar-refractivity contribution in [2.45, 2.75) is 6.54 Å². The summed E-state index contributed by atoms with van der Waals surface area (Å²) in [4.78, 5) is 12.4. The smallest absolute Gasteiger partial charge is 0.258 e. The molecule has 0 unspecified atom stereocenters. The molecule has 0 bridgehead atoms. The van der Waals surface area contributed by atoms with Crippen LogP contribution in [-0.4, -0.2) is 4.57 Å². The molecule has 0 spiro atoms. The lowest BCUT2D eigenvalue weighted by Gasteiger charge is -2.07. The number of nitrogens with two attached hydrogens (primary N) is 1. The number of hydrogen-bond donors (Lipinski definition) is 1. The Morgan fingerprint density at radius 2 is 1.79 bits per heavy atom. The zero-order valence-electron chi connectivity index (χ0n) is 10.4. The minimum absolute atomic E-state index is 0.0151. The molecule has 0 aliphatic rings. The molecule has 94 valence electrons. The van der Waals surface area contributed by atoms with Gasteiger partial charge in [0.1, 0.15) is 0 Å². The second-order valence-electron chi connectivity index (χ2n) is 4.58. The van der Waals surface area contributed by atoms with Gasteiger partial charge in [0, 0.05) is 17.3 Å². The third-order valence-electron chi connectivity index (χ3n) is 3.20. The predicted octanol–water partition coefficient (Wildman–Crippen LogP) is 2.63. The van der Waals surface area contributed by atoms with Gasteiger partial charge in [-0.2, -0.15) is 0 Å². The summed E-state index contributed by atoms with van der Waals surface area (Å²) < 4.78 is 1.72. The van der Waals surface area contributed by atoms with Gasteiger partial charge in [0.25, 0.3) is 5.56 Å². The van der Waals surface area contributed by atoms with Gasteiger partial charge in [-0.25, -0.2) is 0 Å². The van der Waals surface area contributed by atoms with E-state index in [-0.39, 0.29) is 5.56 Å². The molecule has 3 rings (SSSR count). The van der Waals surface area contributed by atoms with Crippen LogP contribution in [0.5, 0.6) is 0 Å². The summed E-state index contributed by atoms with van der Waals surface area (Å²) in [6.45, 7) is 0.583. The number of hydrogen-bond acceptors (Lipinski definition) is 2. The van der Waals surface area contributed by atoms with Crippen molar-refractivity contribution in [3.05, 3.63) is 76.7 Å². The molecule has 0 radical (unpaired) electrons. The molecule has 0 aliphatic carbocycles. The van der Waals surface area contributed by atoms with Gasteiger partial charge in [-0.05, 0) is 35.2 Å². The highest BCUT2D eigenvalue weighted by Gasteiger charge is 2.03. The lowest BCUT2D eigenvalue weighted by Crippen LogP contribution is -2.20. The van der Waals surface area contributed by atoms with Crippen molar-refractivity contribution in [2.24, 2.45) is 0 Å². The minimum atomic E-state index is 0.0151. The van der Waals surface area contributed by atoms with Gasteiger partial charge < -0.3 is 10.3 Å². The Labute approximate surface area is 110 Å². The van der Waals surface area contributed by atoms with E-state index in [9.17, 15) is 4.79 Å². The van der Waals surface area contributed by atoms with Crippen LogP contribution in [0.25, 0.3) is 10.8 Å². The summed E-state index contributed by atoms with van der Waals surface area (Å²) in [5.41, 5.74) is 7.53. The van der Waals surface area contributed by atoms with Crippen LogP contribution in [0.1, 0.15) is 5.56 Å². The largest absolute Gasteiger partial charge is 0.399 e. The third kappa shape index (κ3) is 2.22. The Morgan fingerprint density at radius 1 is 1.00 bits per heavy atom. The van der Waals surface area contributed by atoms with E-state index in [2.05, 4.69) is 0 Å². The maximum Gasteiger partial charge on any atom is 0.258 e. The molecule has 0 aliphatic heterocycles. The van der Waals surface area contributed by atoms with Crippen molar-refractivity contribution in [3.63, 3.8) is 0 Å². The van der Waals surface area contributed by atoms with E-state index in [1.807, 2.05) is 48.7 Å². The van der Waals surface area contributed by atoms with Gasteiger partial charge in [0.2, 0.25) is 0 Å². The van der Waals surface area contributed by atoms with E-state index in [1.165, 1.54) is 0 Å². The summed E-state index contributed by atoms with van der Waals surface area (Å²) >= 11 is 0. The van der Waals surface area contributed by atoms with Crippen LogP contribution in [-0.2, 0) is 6.54 Å². The molecule has 1 aromatic heterocycles. The predicted molar refractivity (Wildman–Crippen MR) is 78.2 cm³/mol. The molecule has 2 aromatic carbocycles. The average Bonchev–Trinajstić information content (AvgIpc) is 2.43. The molecule has 3 nitrogen and oxygen atoms in total. The van der Waals surface area contributed by atoms with Crippen molar-refractivity contribution < 1.29 is 0 Å². The van der Waals surface area contributed by atoms with Gasteiger partial charge in [0.05, 0.1) is 6.54 Å². The van der Waals surface area contributed by atoms with E-state index in [1.54, 1.807) is 16.7 Å². The maximum absolute atomic E-state index is 12.4. The molecule has 0 saturated carbocycles. The Bertz CT molecular complexity index is 776. The first kappa shape index (κ1) is 11.5. The first-order valence-electron chi connectivity index (χ1n) is 6.17. The summed E-state index contributed by atoms with van der Waals surface area (Å²) in [6.07, 6.45) is 1.82.